The van der Waals surface area contributed by atoms with E-state index in [0.717, 1.165) is 5.75 Å². The lowest BCUT2D eigenvalue weighted by Gasteiger charge is -2.10. The first-order chi connectivity index (χ1) is 9.33. The third kappa shape index (κ3) is 2.60. The van der Waals surface area contributed by atoms with Crippen LogP contribution in [0.25, 0.3) is 10.8 Å². The summed E-state index contributed by atoms with van der Waals surface area (Å²) in [5.74, 6) is 0.946. The first-order valence-corrected chi connectivity index (χ1v) is 6.49. The van der Waals surface area contributed by atoms with Gasteiger partial charge in [0.05, 0.1) is 0 Å². The molecule has 0 atom stereocenters. The number of aryl methyl sites for hydroxylation is 1. The molecule has 0 aliphatic heterocycles. The molecule has 0 amide bonds. The second kappa shape index (κ2) is 5.15. The zero-order valence-electron chi connectivity index (χ0n) is 11.0. The van der Waals surface area contributed by atoms with Gasteiger partial charge in [-0.3, -0.25) is 0 Å². The fraction of sp³-hybridized carbons (Fsp3) is 0.111. The van der Waals surface area contributed by atoms with E-state index in [-0.39, 0.29) is 0 Å². The molecule has 94 valence electrons. The Hall–Kier alpha value is -2.28. The summed E-state index contributed by atoms with van der Waals surface area (Å²) in [4.78, 5) is 0. The SMILES string of the molecule is Cc1ccc2c(OCc3ccccc3)cccc2c1. The Morgan fingerprint density at radius 2 is 1.68 bits per heavy atom. The van der Waals surface area contributed by atoms with Gasteiger partial charge >= 0.3 is 0 Å². The normalized spacial score (nSPS) is 10.6. The largest absolute Gasteiger partial charge is 0.488 e. The van der Waals surface area contributed by atoms with Crippen LogP contribution in [0.2, 0.25) is 0 Å². The summed E-state index contributed by atoms with van der Waals surface area (Å²) in [7, 11) is 0. The predicted octanol–water partition coefficient (Wildman–Crippen LogP) is 4.73. The molecule has 0 heterocycles. The average molecular weight is 248 g/mol. The number of benzene rings is 3. The van der Waals surface area contributed by atoms with E-state index in [1.165, 1.54) is 21.9 Å². The van der Waals surface area contributed by atoms with E-state index >= 15 is 0 Å². The quantitative estimate of drug-likeness (QED) is 0.651. The number of rotatable bonds is 3. The molecule has 0 aromatic heterocycles. The summed E-state index contributed by atoms with van der Waals surface area (Å²) in [5, 5.41) is 2.40. The summed E-state index contributed by atoms with van der Waals surface area (Å²) >= 11 is 0. The number of ether oxygens (including phenoxy) is 1. The minimum Gasteiger partial charge on any atom is -0.488 e. The van der Waals surface area contributed by atoms with Gasteiger partial charge in [0, 0.05) is 5.39 Å². The van der Waals surface area contributed by atoms with Crippen LogP contribution in [0.1, 0.15) is 11.1 Å². The smallest absolute Gasteiger partial charge is 0.127 e. The fourth-order valence-electron chi connectivity index (χ4n) is 2.23. The van der Waals surface area contributed by atoms with Crippen LogP contribution in [0.5, 0.6) is 5.75 Å². The van der Waals surface area contributed by atoms with Crippen LogP contribution in [0.4, 0.5) is 0 Å². The Labute approximate surface area is 113 Å². The van der Waals surface area contributed by atoms with E-state index in [0.29, 0.717) is 6.61 Å². The second-order valence-corrected chi connectivity index (χ2v) is 4.76. The molecule has 0 fully saturated rings. The summed E-state index contributed by atoms with van der Waals surface area (Å²) in [6.07, 6.45) is 0. The van der Waals surface area contributed by atoms with E-state index in [1.54, 1.807) is 0 Å². The summed E-state index contributed by atoms with van der Waals surface area (Å²) in [6, 6.07) is 22.9. The zero-order chi connectivity index (χ0) is 13.1. The monoisotopic (exact) mass is 248 g/mol. The van der Waals surface area contributed by atoms with Crippen LogP contribution in [0.15, 0.2) is 66.7 Å². The number of hydrogen-bond donors (Lipinski definition) is 0. The molecule has 19 heavy (non-hydrogen) atoms. The van der Waals surface area contributed by atoms with Crippen molar-refractivity contribution in [2.24, 2.45) is 0 Å². The molecule has 0 radical (unpaired) electrons. The summed E-state index contributed by atoms with van der Waals surface area (Å²) in [6.45, 7) is 2.71. The van der Waals surface area contributed by atoms with Gasteiger partial charge in [-0.15, -0.1) is 0 Å². The highest BCUT2D eigenvalue weighted by Gasteiger charge is 2.02. The molecular formula is C18H16O. The van der Waals surface area contributed by atoms with Crippen molar-refractivity contribution in [1.82, 2.24) is 0 Å². The van der Waals surface area contributed by atoms with E-state index in [9.17, 15) is 0 Å². The molecule has 0 aliphatic carbocycles. The Balaban J connectivity index is 1.89. The Morgan fingerprint density at radius 1 is 0.842 bits per heavy atom. The third-order valence-electron chi connectivity index (χ3n) is 3.23. The molecule has 1 nitrogen and oxygen atoms in total. The molecule has 1 heteroatoms. The van der Waals surface area contributed by atoms with Crippen LogP contribution in [-0.2, 0) is 6.61 Å². The van der Waals surface area contributed by atoms with Gasteiger partial charge in [-0.05, 0) is 23.9 Å². The first kappa shape index (κ1) is 11.8. The van der Waals surface area contributed by atoms with Crippen molar-refractivity contribution >= 4 is 10.8 Å². The summed E-state index contributed by atoms with van der Waals surface area (Å²) in [5.41, 5.74) is 2.46. The minimum atomic E-state index is 0.605. The van der Waals surface area contributed by atoms with Gasteiger partial charge in [0.1, 0.15) is 12.4 Å². The lowest BCUT2D eigenvalue weighted by molar-refractivity contribution is 0.310. The van der Waals surface area contributed by atoms with Crippen molar-refractivity contribution in [1.29, 1.82) is 0 Å². The van der Waals surface area contributed by atoms with Crippen molar-refractivity contribution in [2.75, 3.05) is 0 Å². The highest BCUT2D eigenvalue weighted by atomic mass is 16.5. The van der Waals surface area contributed by atoms with Crippen molar-refractivity contribution in [3.8, 4) is 5.75 Å². The van der Waals surface area contributed by atoms with Gasteiger partial charge in [-0.2, -0.15) is 0 Å². The van der Waals surface area contributed by atoms with Crippen molar-refractivity contribution < 1.29 is 4.74 Å². The van der Waals surface area contributed by atoms with E-state index < -0.39 is 0 Å². The van der Waals surface area contributed by atoms with Crippen molar-refractivity contribution in [3.05, 3.63) is 77.9 Å². The third-order valence-corrected chi connectivity index (χ3v) is 3.23. The zero-order valence-corrected chi connectivity index (χ0v) is 11.0. The lowest BCUT2D eigenvalue weighted by Crippen LogP contribution is -1.95. The molecule has 0 saturated carbocycles. The predicted molar refractivity (Wildman–Crippen MR) is 79.5 cm³/mol. The molecular weight excluding hydrogens is 232 g/mol. The fourth-order valence-corrected chi connectivity index (χ4v) is 2.23. The van der Waals surface area contributed by atoms with Crippen LogP contribution < -0.4 is 4.74 Å². The van der Waals surface area contributed by atoms with Crippen molar-refractivity contribution in [2.45, 2.75) is 13.5 Å². The highest BCUT2D eigenvalue weighted by Crippen LogP contribution is 2.26. The maximum Gasteiger partial charge on any atom is 0.127 e. The van der Waals surface area contributed by atoms with Gasteiger partial charge in [0.15, 0.2) is 0 Å². The number of fused-ring (bicyclic) bond motifs is 1. The van der Waals surface area contributed by atoms with Gasteiger partial charge in [0.2, 0.25) is 0 Å². The van der Waals surface area contributed by atoms with E-state index in [4.69, 9.17) is 4.74 Å². The van der Waals surface area contributed by atoms with Gasteiger partial charge in [-0.1, -0.05) is 66.2 Å². The van der Waals surface area contributed by atoms with Gasteiger partial charge < -0.3 is 4.74 Å². The van der Waals surface area contributed by atoms with Crippen LogP contribution >= 0.6 is 0 Å². The van der Waals surface area contributed by atoms with Crippen LogP contribution in [0.3, 0.4) is 0 Å². The van der Waals surface area contributed by atoms with Gasteiger partial charge in [0.25, 0.3) is 0 Å². The second-order valence-electron chi connectivity index (χ2n) is 4.76. The van der Waals surface area contributed by atoms with Gasteiger partial charge in [-0.25, -0.2) is 0 Å². The maximum atomic E-state index is 5.95. The lowest BCUT2D eigenvalue weighted by atomic mass is 10.1. The van der Waals surface area contributed by atoms with Crippen molar-refractivity contribution in [3.63, 3.8) is 0 Å². The first-order valence-electron chi connectivity index (χ1n) is 6.49. The molecule has 0 aliphatic rings. The van der Waals surface area contributed by atoms with E-state index in [1.807, 2.05) is 30.3 Å². The minimum absolute atomic E-state index is 0.605. The summed E-state index contributed by atoms with van der Waals surface area (Å²) < 4.78 is 5.95. The average Bonchev–Trinajstić information content (AvgIpc) is 2.45. The molecule has 3 aromatic rings. The standard InChI is InChI=1S/C18H16O/c1-14-10-11-17-16(12-14)8-5-9-18(17)19-13-15-6-3-2-4-7-15/h2-12H,13H2,1H3. The highest BCUT2D eigenvalue weighted by molar-refractivity contribution is 5.88. The maximum absolute atomic E-state index is 5.95. The molecule has 0 spiro atoms. The Kier molecular flexibility index (Phi) is 3.20. The molecule has 3 rings (SSSR count). The number of hydrogen-bond acceptors (Lipinski definition) is 1. The van der Waals surface area contributed by atoms with E-state index in [2.05, 4.69) is 43.3 Å². The molecule has 0 saturated heterocycles. The van der Waals surface area contributed by atoms with Crippen LogP contribution in [-0.4, -0.2) is 0 Å². The Morgan fingerprint density at radius 3 is 2.53 bits per heavy atom. The molecule has 0 bridgehead atoms. The topological polar surface area (TPSA) is 9.23 Å². The van der Waals surface area contributed by atoms with Crippen LogP contribution in [0, 0.1) is 6.92 Å². The Bertz CT molecular complexity index is 686. The molecule has 3 aromatic carbocycles. The molecule has 0 unspecified atom stereocenters. The molecule has 0 N–H and O–H groups in total.